The molecule has 4 heteroatoms. The first-order valence-corrected chi connectivity index (χ1v) is 9.22. The summed E-state index contributed by atoms with van der Waals surface area (Å²) in [6, 6.07) is 15.3. The van der Waals surface area contributed by atoms with Crippen LogP contribution in [0, 0.1) is 27.7 Å². The van der Waals surface area contributed by atoms with Crippen molar-refractivity contribution in [1.82, 2.24) is 9.97 Å². The fourth-order valence-corrected chi connectivity index (χ4v) is 3.62. The smallest absolute Gasteiger partial charge is 0.127 e. The first-order chi connectivity index (χ1) is 13.3. The van der Waals surface area contributed by atoms with Crippen LogP contribution in [0.3, 0.4) is 0 Å². The normalized spacial score (nSPS) is 11.1. The van der Waals surface area contributed by atoms with Crippen molar-refractivity contribution in [3.8, 4) is 34.0 Å². The van der Waals surface area contributed by atoms with Crippen LogP contribution in [0.2, 0.25) is 0 Å². The zero-order valence-electron chi connectivity index (χ0n) is 16.4. The highest BCUT2D eigenvalue weighted by Crippen LogP contribution is 2.35. The van der Waals surface area contributed by atoms with Gasteiger partial charge in [0.25, 0.3) is 0 Å². The number of aromatic hydroxyl groups is 2. The quantitative estimate of drug-likeness (QED) is 0.481. The second kappa shape index (κ2) is 6.64. The van der Waals surface area contributed by atoms with Gasteiger partial charge in [-0.25, -0.2) is 9.97 Å². The number of nitrogens with zero attached hydrogens (tertiary/aromatic N) is 2. The van der Waals surface area contributed by atoms with E-state index in [4.69, 9.17) is 9.97 Å². The van der Waals surface area contributed by atoms with E-state index in [1.807, 2.05) is 76.2 Å². The Hall–Kier alpha value is -3.40. The molecule has 0 spiro atoms. The van der Waals surface area contributed by atoms with Gasteiger partial charge in [-0.3, -0.25) is 0 Å². The third kappa shape index (κ3) is 3.07. The van der Waals surface area contributed by atoms with Crippen LogP contribution in [0.4, 0.5) is 0 Å². The summed E-state index contributed by atoms with van der Waals surface area (Å²) in [7, 11) is 0. The summed E-state index contributed by atoms with van der Waals surface area (Å²) >= 11 is 0. The van der Waals surface area contributed by atoms with Crippen LogP contribution in [-0.4, -0.2) is 20.2 Å². The molecule has 4 nitrogen and oxygen atoms in total. The number of hydrogen-bond acceptors (Lipinski definition) is 4. The molecule has 4 aromatic rings. The largest absolute Gasteiger partial charge is 0.507 e. The zero-order valence-corrected chi connectivity index (χ0v) is 16.4. The van der Waals surface area contributed by atoms with Crippen LogP contribution in [0.1, 0.15) is 22.3 Å². The van der Waals surface area contributed by atoms with Crippen LogP contribution in [0.15, 0.2) is 48.5 Å². The number of phenolic OH excluding ortho intramolecular Hbond substituents is 2. The van der Waals surface area contributed by atoms with E-state index in [0.29, 0.717) is 11.4 Å². The van der Waals surface area contributed by atoms with Crippen molar-refractivity contribution in [2.24, 2.45) is 0 Å². The molecule has 0 saturated heterocycles. The summed E-state index contributed by atoms with van der Waals surface area (Å²) in [5, 5.41) is 20.9. The minimum Gasteiger partial charge on any atom is -0.507 e. The average molecular weight is 370 g/mol. The minimum absolute atomic E-state index is 0.252. The van der Waals surface area contributed by atoms with Gasteiger partial charge in [-0.1, -0.05) is 12.1 Å². The lowest BCUT2D eigenvalue weighted by Crippen LogP contribution is -1.93. The van der Waals surface area contributed by atoms with E-state index in [-0.39, 0.29) is 11.5 Å². The second-order valence-electron chi connectivity index (χ2n) is 7.39. The van der Waals surface area contributed by atoms with Crippen molar-refractivity contribution in [1.29, 1.82) is 0 Å². The molecule has 0 saturated carbocycles. The number of rotatable bonds is 2. The third-order valence-corrected chi connectivity index (χ3v) is 4.98. The molecule has 0 radical (unpaired) electrons. The predicted molar refractivity (Wildman–Crippen MR) is 113 cm³/mol. The summed E-state index contributed by atoms with van der Waals surface area (Å²) < 4.78 is 0. The van der Waals surface area contributed by atoms with Crippen LogP contribution < -0.4 is 0 Å². The number of aromatic nitrogens is 2. The monoisotopic (exact) mass is 370 g/mol. The van der Waals surface area contributed by atoms with E-state index in [1.54, 1.807) is 0 Å². The molecule has 28 heavy (non-hydrogen) atoms. The molecule has 0 amide bonds. The Morgan fingerprint density at radius 3 is 1.36 bits per heavy atom. The molecule has 2 aromatic carbocycles. The highest BCUT2D eigenvalue weighted by Gasteiger charge is 2.13. The van der Waals surface area contributed by atoms with Gasteiger partial charge >= 0.3 is 0 Å². The molecule has 0 aliphatic rings. The number of benzene rings is 2. The van der Waals surface area contributed by atoms with Crippen molar-refractivity contribution >= 4 is 11.0 Å². The van der Waals surface area contributed by atoms with Crippen molar-refractivity contribution < 1.29 is 10.2 Å². The number of hydrogen-bond donors (Lipinski definition) is 2. The van der Waals surface area contributed by atoms with E-state index >= 15 is 0 Å². The van der Waals surface area contributed by atoms with Gasteiger partial charge in [0.2, 0.25) is 0 Å². The van der Waals surface area contributed by atoms with E-state index in [1.165, 1.54) is 0 Å². The lowest BCUT2D eigenvalue weighted by atomic mass is 10.0. The SMILES string of the molecule is Cc1cc(C)c(O)c(-c2ccc3nc(-c4cc(C)cc(C)c4O)ccc3n2)c1. The molecule has 4 rings (SSSR count). The molecular weight excluding hydrogens is 348 g/mol. The lowest BCUT2D eigenvalue weighted by molar-refractivity contribution is 0.472. The fraction of sp³-hybridized carbons (Fsp3) is 0.167. The third-order valence-electron chi connectivity index (χ3n) is 4.98. The molecule has 0 aliphatic heterocycles. The maximum Gasteiger partial charge on any atom is 0.127 e. The molecule has 0 fully saturated rings. The van der Waals surface area contributed by atoms with Gasteiger partial charge in [0.05, 0.1) is 22.4 Å². The first-order valence-electron chi connectivity index (χ1n) is 9.22. The van der Waals surface area contributed by atoms with Crippen molar-refractivity contribution in [2.75, 3.05) is 0 Å². The molecule has 0 aliphatic carbocycles. The standard InChI is InChI=1S/C24H22N2O2/c1-13-9-15(3)23(27)17(11-13)19-5-7-22-21(25-19)8-6-20(26-22)18-12-14(2)10-16(4)24(18)28/h5-12,27-28H,1-4H3. The first kappa shape index (κ1) is 18.0. The van der Waals surface area contributed by atoms with Crippen LogP contribution in [0.5, 0.6) is 11.5 Å². The van der Waals surface area contributed by atoms with Crippen molar-refractivity contribution in [2.45, 2.75) is 27.7 Å². The Morgan fingerprint density at radius 1 is 0.571 bits per heavy atom. The van der Waals surface area contributed by atoms with Gasteiger partial charge in [-0.05, 0) is 86.3 Å². The Labute approximate surface area is 164 Å². The summed E-state index contributed by atoms with van der Waals surface area (Å²) in [4.78, 5) is 9.39. The number of fused-ring (bicyclic) bond motifs is 1. The Kier molecular flexibility index (Phi) is 4.27. The summed E-state index contributed by atoms with van der Waals surface area (Å²) in [6.07, 6.45) is 0. The summed E-state index contributed by atoms with van der Waals surface area (Å²) in [5.41, 5.74) is 8.14. The van der Waals surface area contributed by atoms with Gasteiger partial charge in [-0.15, -0.1) is 0 Å². The molecule has 2 N–H and O–H groups in total. The van der Waals surface area contributed by atoms with Gasteiger partial charge < -0.3 is 10.2 Å². The summed E-state index contributed by atoms with van der Waals surface area (Å²) in [5.74, 6) is 0.504. The van der Waals surface area contributed by atoms with Gasteiger partial charge in [0, 0.05) is 11.1 Å². The van der Waals surface area contributed by atoms with E-state index < -0.39 is 0 Å². The minimum atomic E-state index is 0.252. The van der Waals surface area contributed by atoms with Crippen molar-refractivity contribution in [3.05, 3.63) is 70.8 Å². The van der Waals surface area contributed by atoms with E-state index in [2.05, 4.69) is 0 Å². The van der Waals surface area contributed by atoms with Crippen molar-refractivity contribution in [3.63, 3.8) is 0 Å². The van der Waals surface area contributed by atoms with E-state index in [9.17, 15) is 10.2 Å². The van der Waals surface area contributed by atoms with E-state index in [0.717, 1.165) is 44.4 Å². The Balaban J connectivity index is 1.83. The Bertz CT molecular complexity index is 1130. The molecule has 0 atom stereocenters. The molecule has 0 bridgehead atoms. The predicted octanol–water partition coefficient (Wildman–Crippen LogP) is 5.61. The molecule has 2 heterocycles. The zero-order chi connectivity index (χ0) is 20.0. The Morgan fingerprint density at radius 2 is 0.964 bits per heavy atom. The van der Waals surface area contributed by atoms with Crippen LogP contribution >= 0.6 is 0 Å². The molecule has 140 valence electrons. The topological polar surface area (TPSA) is 66.2 Å². The lowest BCUT2D eigenvalue weighted by Gasteiger charge is -2.11. The molecule has 2 aromatic heterocycles. The van der Waals surface area contributed by atoms with Crippen LogP contribution in [-0.2, 0) is 0 Å². The highest BCUT2D eigenvalue weighted by molar-refractivity contribution is 5.83. The number of pyridine rings is 2. The van der Waals surface area contributed by atoms with Gasteiger partial charge in [-0.2, -0.15) is 0 Å². The van der Waals surface area contributed by atoms with Gasteiger partial charge in [0.15, 0.2) is 0 Å². The van der Waals surface area contributed by atoms with Gasteiger partial charge in [0.1, 0.15) is 11.5 Å². The maximum absolute atomic E-state index is 10.4. The number of phenols is 2. The second-order valence-corrected chi connectivity index (χ2v) is 7.39. The molecule has 0 unspecified atom stereocenters. The average Bonchev–Trinajstić information content (AvgIpc) is 2.66. The maximum atomic E-state index is 10.4. The number of aryl methyl sites for hydroxylation is 4. The highest BCUT2D eigenvalue weighted by atomic mass is 16.3. The fourth-order valence-electron chi connectivity index (χ4n) is 3.62. The molecular formula is C24H22N2O2. The van der Waals surface area contributed by atoms with Crippen LogP contribution in [0.25, 0.3) is 33.5 Å². The summed E-state index contributed by atoms with van der Waals surface area (Å²) in [6.45, 7) is 7.77.